The van der Waals surface area contributed by atoms with Gasteiger partial charge in [-0.2, -0.15) is 0 Å². The molecule has 0 unspecified atom stereocenters. The Morgan fingerprint density at radius 3 is 2.75 bits per heavy atom. The third kappa shape index (κ3) is 2.34. The van der Waals surface area contributed by atoms with Gasteiger partial charge in [0.25, 0.3) is 0 Å². The maximum atomic E-state index is 6.07. The predicted molar refractivity (Wildman–Crippen MR) is 83.7 cm³/mol. The van der Waals surface area contributed by atoms with E-state index in [-0.39, 0.29) is 5.60 Å². The Hall–Kier alpha value is -1.39. The maximum absolute atomic E-state index is 6.07. The first-order valence-electron chi connectivity index (χ1n) is 7.20. The van der Waals surface area contributed by atoms with Crippen molar-refractivity contribution < 1.29 is 4.74 Å². The maximum Gasteiger partial charge on any atom is 0.125 e. The molecular weight excluding hydrogens is 268 g/mol. The van der Waals surface area contributed by atoms with Gasteiger partial charge in [0.05, 0.1) is 5.69 Å². The fraction of sp³-hybridized carbons (Fsp3) is 0.438. The van der Waals surface area contributed by atoms with Crippen molar-refractivity contribution in [3.8, 4) is 11.3 Å². The van der Waals surface area contributed by atoms with Crippen molar-refractivity contribution in [1.29, 1.82) is 0 Å². The van der Waals surface area contributed by atoms with Crippen LogP contribution in [0, 0.1) is 0 Å². The number of benzene rings is 1. The molecular formula is C16H20N2OS. The Balaban J connectivity index is 1.95. The number of rotatable bonds is 4. The molecule has 0 atom stereocenters. The number of hydrogen-bond acceptors (Lipinski definition) is 4. The summed E-state index contributed by atoms with van der Waals surface area (Å²) in [6, 6.07) is 7.89. The van der Waals surface area contributed by atoms with Crippen LogP contribution in [0.4, 0.5) is 5.69 Å². The van der Waals surface area contributed by atoms with E-state index in [1.807, 2.05) is 24.3 Å². The molecule has 20 heavy (non-hydrogen) atoms. The van der Waals surface area contributed by atoms with Crippen LogP contribution < -0.4 is 5.73 Å². The predicted octanol–water partition coefficient (Wildman–Crippen LogP) is 4.20. The molecule has 106 valence electrons. The Labute approximate surface area is 123 Å². The fourth-order valence-corrected chi connectivity index (χ4v) is 4.01. The van der Waals surface area contributed by atoms with Gasteiger partial charge in [0, 0.05) is 23.2 Å². The van der Waals surface area contributed by atoms with Crippen molar-refractivity contribution in [2.75, 3.05) is 12.3 Å². The normalized spacial score (nSPS) is 17.4. The monoisotopic (exact) mass is 288 g/mol. The smallest absolute Gasteiger partial charge is 0.125 e. The Morgan fingerprint density at radius 2 is 2.05 bits per heavy atom. The van der Waals surface area contributed by atoms with Crippen molar-refractivity contribution in [3.05, 3.63) is 34.7 Å². The second-order valence-electron chi connectivity index (χ2n) is 5.26. The number of nitrogens with two attached hydrogens (primary N) is 1. The van der Waals surface area contributed by atoms with E-state index in [1.54, 1.807) is 11.3 Å². The van der Waals surface area contributed by atoms with Gasteiger partial charge >= 0.3 is 0 Å². The molecule has 1 fully saturated rings. The van der Waals surface area contributed by atoms with E-state index in [9.17, 15) is 0 Å². The highest BCUT2D eigenvalue weighted by Crippen LogP contribution is 2.44. The molecule has 3 rings (SSSR count). The van der Waals surface area contributed by atoms with Gasteiger partial charge in [0.1, 0.15) is 10.6 Å². The lowest BCUT2D eigenvalue weighted by atomic mass is 10.0. The first-order valence-corrected chi connectivity index (χ1v) is 8.08. The number of nitrogens with zero attached hydrogens (tertiary/aromatic N) is 1. The summed E-state index contributed by atoms with van der Waals surface area (Å²) in [7, 11) is 0. The van der Waals surface area contributed by atoms with Crippen molar-refractivity contribution >= 4 is 17.0 Å². The van der Waals surface area contributed by atoms with Gasteiger partial charge in [-0.15, -0.1) is 11.3 Å². The molecule has 3 nitrogen and oxygen atoms in total. The van der Waals surface area contributed by atoms with E-state index < -0.39 is 0 Å². The minimum Gasteiger partial charge on any atom is -0.398 e. The molecule has 0 spiro atoms. The van der Waals surface area contributed by atoms with Gasteiger partial charge in [0.15, 0.2) is 0 Å². The molecule has 2 aromatic rings. The van der Waals surface area contributed by atoms with Crippen molar-refractivity contribution in [1.82, 2.24) is 4.98 Å². The van der Waals surface area contributed by atoms with E-state index >= 15 is 0 Å². The zero-order valence-corrected chi connectivity index (χ0v) is 12.6. The van der Waals surface area contributed by atoms with Gasteiger partial charge in [-0.25, -0.2) is 4.98 Å². The molecule has 1 saturated carbocycles. The van der Waals surface area contributed by atoms with Crippen LogP contribution in [0.3, 0.4) is 0 Å². The van der Waals surface area contributed by atoms with Gasteiger partial charge < -0.3 is 10.5 Å². The molecule has 1 heterocycles. The number of nitrogen functional groups attached to an aromatic ring is 1. The topological polar surface area (TPSA) is 48.1 Å². The van der Waals surface area contributed by atoms with Crippen LogP contribution >= 0.6 is 11.3 Å². The zero-order chi connectivity index (χ0) is 14.0. The van der Waals surface area contributed by atoms with Gasteiger partial charge in [-0.05, 0) is 25.8 Å². The van der Waals surface area contributed by atoms with E-state index in [0.717, 1.165) is 41.4 Å². The van der Waals surface area contributed by atoms with Gasteiger partial charge in [0.2, 0.25) is 0 Å². The van der Waals surface area contributed by atoms with E-state index in [1.165, 1.54) is 12.8 Å². The number of hydrogen-bond donors (Lipinski definition) is 1. The first kappa shape index (κ1) is 13.6. The molecule has 0 amide bonds. The van der Waals surface area contributed by atoms with Crippen LogP contribution in [0.1, 0.15) is 37.6 Å². The summed E-state index contributed by atoms with van der Waals surface area (Å²) in [5, 5.41) is 3.20. The standard InChI is InChI=1S/C16H20N2OS/c1-2-19-16(9-5-6-10-16)15-18-14(11-20-15)12-7-3-4-8-13(12)17/h3-4,7-8,11H,2,5-6,9-10,17H2,1H3. The van der Waals surface area contributed by atoms with Crippen molar-refractivity contribution in [3.63, 3.8) is 0 Å². The van der Waals surface area contributed by atoms with E-state index in [0.29, 0.717) is 0 Å². The zero-order valence-electron chi connectivity index (χ0n) is 11.8. The lowest BCUT2D eigenvalue weighted by molar-refractivity contribution is -0.0390. The second kappa shape index (κ2) is 5.54. The second-order valence-corrected chi connectivity index (χ2v) is 6.12. The third-order valence-corrected chi connectivity index (χ3v) is 4.99. The molecule has 0 saturated heterocycles. The van der Waals surface area contributed by atoms with Gasteiger partial charge in [-0.1, -0.05) is 31.0 Å². The molecule has 1 aliphatic rings. The highest BCUT2D eigenvalue weighted by molar-refractivity contribution is 7.10. The minimum atomic E-state index is -0.152. The summed E-state index contributed by atoms with van der Waals surface area (Å²) >= 11 is 1.70. The minimum absolute atomic E-state index is 0.152. The van der Waals surface area contributed by atoms with Crippen LogP contribution in [0.2, 0.25) is 0 Å². The lowest BCUT2D eigenvalue weighted by Gasteiger charge is -2.26. The lowest BCUT2D eigenvalue weighted by Crippen LogP contribution is -2.25. The molecule has 1 aliphatic carbocycles. The summed E-state index contributed by atoms with van der Waals surface area (Å²) in [4.78, 5) is 4.83. The summed E-state index contributed by atoms with van der Waals surface area (Å²) in [6.45, 7) is 2.80. The SMILES string of the molecule is CCOC1(c2nc(-c3ccccc3N)cs2)CCCC1. The Morgan fingerprint density at radius 1 is 1.30 bits per heavy atom. The molecule has 1 aromatic carbocycles. The largest absolute Gasteiger partial charge is 0.398 e. The molecule has 1 aromatic heterocycles. The van der Waals surface area contributed by atoms with Crippen LogP contribution in [0.15, 0.2) is 29.6 Å². The third-order valence-electron chi connectivity index (χ3n) is 3.96. The number of ether oxygens (including phenoxy) is 1. The highest BCUT2D eigenvalue weighted by atomic mass is 32.1. The summed E-state index contributed by atoms with van der Waals surface area (Å²) < 4.78 is 6.07. The van der Waals surface area contributed by atoms with Crippen LogP contribution in [-0.2, 0) is 10.3 Å². The number of para-hydroxylation sites is 1. The Bertz CT molecular complexity index is 588. The first-order chi connectivity index (χ1) is 9.75. The summed E-state index contributed by atoms with van der Waals surface area (Å²) in [5.74, 6) is 0. The van der Waals surface area contributed by atoms with Crippen LogP contribution in [0.25, 0.3) is 11.3 Å². The Kier molecular flexibility index (Phi) is 3.76. The molecule has 4 heteroatoms. The number of aromatic nitrogens is 1. The molecule has 0 bridgehead atoms. The molecule has 2 N–H and O–H groups in total. The quantitative estimate of drug-likeness (QED) is 0.858. The number of thiazole rings is 1. The average Bonchev–Trinajstić information content (AvgIpc) is 3.09. The average molecular weight is 288 g/mol. The fourth-order valence-electron chi connectivity index (χ4n) is 2.98. The van der Waals surface area contributed by atoms with E-state index in [2.05, 4.69) is 12.3 Å². The van der Waals surface area contributed by atoms with Crippen LogP contribution in [-0.4, -0.2) is 11.6 Å². The van der Waals surface area contributed by atoms with E-state index in [4.69, 9.17) is 15.5 Å². The van der Waals surface area contributed by atoms with Crippen molar-refractivity contribution in [2.45, 2.75) is 38.2 Å². The van der Waals surface area contributed by atoms with Gasteiger partial charge in [-0.3, -0.25) is 0 Å². The highest BCUT2D eigenvalue weighted by Gasteiger charge is 2.39. The summed E-state index contributed by atoms with van der Waals surface area (Å²) in [6.07, 6.45) is 4.61. The number of anilines is 1. The summed E-state index contributed by atoms with van der Waals surface area (Å²) in [5.41, 5.74) is 8.65. The molecule has 0 aliphatic heterocycles. The van der Waals surface area contributed by atoms with Crippen molar-refractivity contribution in [2.24, 2.45) is 0 Å². The molecule has 0 radical (unpaired) electrons. The van der Waals surface area contributed by atoms with Crippen LogP contribution in [0.5, 0.6) is 0 Å².